The third-order valence-electron chi connectivity index (χ3n) is 3.20. The van der Waals surface area contributed by atoms with Crippen LogP contribution in [0.25, 0.3) is 0 Å². The summed E-state index contributed by atoms with van der Waals surface area (Å²) in [6, 6.07) is -2.25. The zero-order valence-corrected chi connectivity index (χ0v) is 10.8. The average Bonchev–Trinajstić information content (AvgIpc) is 2.45. The van der Waals surface area contributed by atoms with Gasteiger partial charge in [0.1, 0.15) is 6.04 Å². The molecule has 0 aromatic rings. The first-order chi connectivity index (χ1) is 9.43. The predicted octanol–water partition coefficient (Wildman–Crippen LogP) is -1.35. The summed E-state index contributed by atoms with van der Waals surface area (Å²) in [6.45, 7) is 2.72. The van der Waals surface area contributed by atoms with Crippen LogP contribution in [0.4, 0.5) is 9.18 Å². The number of carbonyl (C=O) groups is 4. The highest BCUT2D eigenvalue weighted by atomic mass is 19.1. The number of imide groups is 2. The van der Waals surface area contributed by atoms with Crippen molar-refractivity contribution in [1.29, 1.82) is 0 Å². The van der Waals surface area contributed by atoms with Crippen molar-refractivity contribution in [3.8, 4) is 0 Å². The summed E-state index contributed by atoms with van der Waals surface area (Å²) in [6.07, 6.45) is -2.47. The Labute approximate surface area is 113 Å². The molecular weight excluding hydrogens is 273 g/mol. The van der Waals surface area contributed by atoms with E-state index >= 15 is 0 Å². The van der Waals surface area contributed by atoms with Gasteiger partial charge >= 0.3 is 6.03 Å². The van der Waals surface area contributed by atoms with E-state index in [9.17, 15) is 23.6 Å². The molecule has 2 unspecified atom stereocenters. The number of carbonyl (C=O) groups excluding carboxylic acids is 4. The van der Waals surface area contributed by atoms with E-state index in [-0.39, 0.29) is 0 Å². The van der Waals surface area contributed by atoms with Gasteiger partial charge in [0.05, 0.1) is 13.2 Å². The van der Waals surface area contributed by atoms with Crippen LogP contribution in [0.1, 0.15) is 6.92 Å². The van der Waals surface area contributed by atoms with Crippen LogP contribution < -0.4 is 5.32 Å². The number of urea groups is 1. The Bertz CT molecular complexity index is 463. The van der Waals surface area contributed by atoms with Gasteiger partial charge in [-0.15, -0.1) is 0 Å². The van der Waals surface area contributed by atoms with Crippen molar-refractivity contribution in [2.24, 2.45) is 0 Å². The minimum Gasteiger partial charge on any atom is -0.378 e. The monoisotopic (exact) mass is 287 g/mol. The van der Waals surface area contributed by atoms with Gasteiger partial charge in [-0.1, -0.05) is 0 Å². The normalized spacial score (nSPS) is 25.5. The van der Waals surface area contributed by atoms with Gasteiger partial charge in [-0.2, -0.15) is 0 Å². The van der Waals surface area contributed by atoms with Gasteiger partial charge in [0, 0.05) is 13.1 Å². The molecule has 0 bridgehead atoms. The van der Waals surface area contributed by atoms with E-state index < -0.39 is 36.0 Å². The van der Waals surface area contributed by atoms with E-state index in [0.29, 0.717) is 31.2 Å². The minimum atomic E-state index is -2.47. The maximum absolute atomic E-state index is 13.4. The van der Waals surface area contributed by atoms with Gasteiger partial charge in [-0.25, -0.2) is 14.1 Å². The average molecular weight is 287 g/mol. The van der Waals surface area contributed by atoms with Gasteiger partial charge in [0.2, 0.25) is 5.91 Å². The lowest BCUT2D eigenvalue weighted by atomic mass is 10.1. The van der Waals surface area contributed by atoms with Crippen molar-refractivity contribution in [1.82, 2.24) is 15.1 Å². The number of alkyl halides is 1. The SMILES string of the molecule is CC(C(=O)N1CCOCC1)N1C(=O)NC(=O)C(F)C1=O. The maximum Gasteiger partial charge on any atom is 0.331 e. The molecule has 0 radical (unpaired) electrons. The summed E-state index contributed by atoms with van der Waals surface area (Å²) in [5.41, 5.74) is 0. The second-order valence-electron chi connectivity index (χ2n) is 4.48. The van der Waals surface area contributed by atoms with Gasteiger partial charge < -0.3 is 9.64 Å². The van der Waals surface area contributed by atoms with Gasteiger partial charge in [0.25, 0.3) is 18.0 Å². The van der Waals surface area contributed by atoms with Crippen LogP contribution in [-0.2, 0) is 19.1 Å². The number of barbiturate groups is 1. The molecule has 2 aliphatic heterocycles. The second-order valence-corrected chi connectivity index (χ2v) is 4.48. The van der Waals surface area contributed by atoms with E-state index in [0.717, 1.165) is 0 Å². The van der Waals surface area contributed by atoms with Gasteiger partial charge in [-0.3, -0.25) is 19.7 Å². The topological polar surface area (TPSA) is 96.0 Å². The molecule has 2 atom stereocenters. The highest BCUT2D eigenvalue weighted by Crippen LogP contribution is 2.14. The number of nitrogens with one attached hydrogen (secondary N) is 1. The molecule has 20 heavy (non-hydrogen) atoms. The summed E-state index contributed by atoms with van der Waals surface area (Å²) in [4.78, 5) is 48.3. The first-order valence-electron chi connectivity index (χ1n) is 6.12. The Morgan fingerprint density at radius 3 is 2.55 bits per heavy atom. The third kappa shape index (κ3) is 2.48. The Morgan fingerprint density at radius 1 is 1.35 bits per heavy atom. The molecule has 110 valence electrons. The fraction of sp³-hybridized carbons (Fsp3) is 0.636. The lowest BCUT2D eigenvalue weighted by Gasteiger charge is -2.35. The smallest absolute Gasteiger partial charge is 0.331 e. The summed E-state index contributed by atoms with van der Waals surface area (Å²) < 4.78 is 18.4. The molecule has 0 aromatic carbocycles. The van der Waals surface area contributed by atoms with Crippen LogP contribution >= 0.6 is 0 Å². The molecule has 2 fully saturated rings. The van der Waals surface area contributed by atoms with Crippen LogP contribution in [0.3, 0.4) is 0 Å². The standard InChI is InChI=1S/C11H14FN3O5/c1-6(9(17)14-2-4-20-5-3-14)15-10(18)7(12)8(16)13-11(15)19/h6-7H,2-5H2,1H3,(H,13,16,19). The fourth-order valence-electron chi connectivity index (χ4n) is 2.09. The molecule has 2 aliphatic rings. The number of ether oxygens (including phenoxy) is 1. The molecule has 9 heteroatoms. The summed E-state index contributed by atoms with van der Waals surface area (Å²) in [5.74, 6) is -3.10. The second kappa shape index (κ2) is 5.53. The molecular formula is C11H14FN3O5. The van der Waals surface area contributed by atoms with Crippen molar-refractivity contribution < 1.29 is 28.3 Å². The largest absolute Gasteiger partial charge is 0.378 e. The Morgan fingerprint density at radius 2 is 1.95 bits per heavy atom. The number of hydrogen-bond acceptors (Lipinski definition) is 5. The Kier molecular flexibility index (Phi) is 3.98. The first-order valence-corrected chi connectivity index (χ1v) is 6.12. The number of amides is 5. The highest BCUT2D eigenvalue weighted by Gasteiger charge is 2.45. The van der Waals surface area contributed by atoms with Crippen molar-refractivity contribution in [2.45, 2.75) is 19.1 Å². The van der Waals surface area contributed by atoms with E-state index in [1.165, 1.54) is 11.8 Å². The number of rotatable bonds is 2. The Hall–Kier alpha value is -2.03. The Balaban J connectivity index is 2.12. The lowest BCUT2D eigenvalue weighted by molar-refractivity contribution is -0.152. The molecule has 2 heterocycles. The van der Waals surface area contributed by atoms with Crippen LogP contribution in [0, 0.1) is 0 Å². The van der Waals surface area contributed by atoms with E-state index in [1.807, 2.05) is 0 Å². The van der Waals surface area contributed by atoms with Crippen LogP contribution in [0.2, 0.25) is 0 Å². The van der Waals surface area contributed by atoms with Crippen molar-refractivity contribution in [3.05, 3.63) is 0 Å². The van der Waals surface area contributed by atoms with E-state index in [1.54, 1.807) is 5.32 Å². The maximum atomic E-state index is 13.4. The zero-order chi connectivity index (χ0) is 14.9. The van der Waals surface area contributed by atoms with E-state index in [2.05, 4.69) is 0 Å². The number of nitrogens with zero attached hydrogens (tertiary/aromatic N) is 2. The van der Waals surface area contributed by atoms with Crippen molar-refractivity contribution in [2.75, 3.05) is 26.3 Å². The van der Waals surface area contributed by atoms with Gasteiger partial charge in [0.15, 0.2) is 0 Å². The summed E-state index contributed by atoms with van der Waals surface area (Å²) in [7, 11) is 0. The molecule has 0 saturated carbocycles. The van der Waals surface area contributed by atoms with Crippen LogP contribution in [0.15, 0.2) is 0 Å². The molecule has 1 N–H and O–H groups in total. The van der Waals surface area contributed by atoms with E-state index in [4.69, 9.17) is 4.74 Å². The van der Waals surface area contributed by atoms with Crippen LogP contribution in [0.5, 0.6) is 0 Å². The zero-order valence-electron chi connectivity index (χ0n) is 10.8. The van der Waals surface area contributed by atoms with Crippen LogP contribution in [-0.4, -0.2) is 72.1 Å². The van der Waals surface area contributed by atoms with Gasteiger partial charge in [-0.05, 0) is 6.92 Å². The fourth-order valence-corrected chi connectivity index (χ4v) is 2.09. The van der Waals surface area contributed by atoms with Crippen molar-refractivity contribution >= 4 is 23.8 Å². The lowest BCUT2D eigenvalue weighted by Crippen LogP contribution is -2.64. The molecule has 2 rings (SSSR count). The summed E-state index contributed by atoms with van der Waals surface area (Å²) >= 11 is 0. The molecule has 0 spiro atoms. The highest BCUT2D eigenvalue weighted by molar-refractivity contribution is 6.19. The quantitative estimate of drug-likeness (QED) is 0.633. The van der Waals surface area contributed by atoms with Crippen molar-refractivity contribution in [3.63, 3.8) is 0 Å². The third-order valence-corrected chi connectivity index (χ3v) is 3.20. The molecule has 0 aromatic heterocycles. The molecule has 0 aliphatic carbocycles. The first kappa shape index (κ1) is 14.4. The number of morpholine rings is 1. The molecule has 2 saturated heterocycles. The molecule has 5 amide bonds. The predicted molar refractivity (Wildman–Crippen MR) is 62.1 cm³/mol. The number of halogens is 1. The minimum absolute atomic E-state index is 0.338. The number of hydrogen-bond donors (Lipinski definition) is 1. The summed E-state index contributed by atoms with van der Waals surface area (Å²) in [5, 5.41) is 1.71. The molecule has 8 nitrogen and oxygen atoms in total.